The maximum atomic E-state index is 6.11. The van der Waals surface area contributed by atoms with E-state index in [0.717, 1.165) is 12.1 Å². The van der Waals surface area contributed by atoms with Crippen molar-refractivity contribution in [3.05, 3.63) is 40.4 Å². The van der Waals surface area contributed by atoms with Crippen LogP contribution in [0.5, 0.6) is 5.75 Å². The number of benzene rings is 1. The van der Waals surface area contributed by atoms with Gasteiger partial charge in [0.05, 0.1) is 5.02 Å². The molecule has 0 saturated heterocycles. The highest BCUT2D eigenvalue weighted by Gasteiger charge is 2.03. The minimum absolute atomic E-state index is 0.423. The van der Waals surface area contributed by atoms with Crippen molar-refractivity contribution in [1.29, 1.82) is 0 Å². The fourth-order valence-corrected chi connectivity index (χ4v) is 1.60. The minimum atomic E-state index is 0.423. The first-order valence-electron chi connectivity index (χ1n) is 5.53. The van der Waals surface area contributed by atoms with E-state index < -0.39 is 0 Å². The maximum absolute atomic E-state index is 6.11. The maximum Gasteiger partial charge on any atom is 0.138 e. The van der Waals surface area contributed by atoms with Crippen LogP contribution in [0.15, 0.2) is 29.8 Å². The third-order valence-electron chi connectivity index (χ3n) is 2.13. The first-order valence-corrected chi connectivity index (χ1v) is 6.34. The molecular formula is C13H17Cl2NO. The molecule has 0 heterocycles. The van der Waals surface area contributed by atoms with Crippen LogP contribution in [-0.2, 0) is 6.54 Å². The Morgan fingerprint density at radius 3 is 2.76 bits per heavy atom. The summed E-state index contributed by atoms with van der Waals surface area (Å²) in [7, 11) is 0. The summed E-state index contributed by atoms with van der Waals surface area (Å²) >= 11 is 11.5. The van der Waals surface area contributed by atoms with Gasteiger partial charge in [-0.25, -0.2) is 0 Å². The van der Waals surface area contributed by atoms with E-state index in [1.54, 1.807) is 6.08 Å². The smallest absolute Gasteiger partial charge is 0.138 e. The second-order valence-corrected chi connectivity index (χ2v) is 4.63. The van der Waals surface area contributed by atoms with Gasteiger partial charge >= 0.3 is 0 Å². The second kappa shape index (κ2) is 7.59. The highest BCUT2D eigenvalue weighted by Crippen LogP contribution is 2.25. The molecule has 0 bridgehead atoms. The number of hydrogen-bond acceptors (Lipinski definition) is 2. The van der Waals surface area contributed by atoms with Gasteiger partial charge < -0.3 is 10.1 Å². The Labute approximate surface area is 113 Å². The van der Waals surface area contributed by atoms with Gasteiger partial charge in [0.25, 0.3) is 0 Å². The SMILES string of the molecule is CC(C)NCc1ccc(OCC=CCl)c(Cl)c1. The van der Waals surface area contributed by atoms with Crippen molar-refractivity contribution in [2.45, 2.75) is 26.4 Å². The molecule has 0 aliphatic carbocycles. The van der Waals surface area contributed by atoms with Gasteiger partial charge in [0.2, 0.25) is 0 Å². The summed E-state index contributed by atoms with van der Waals surface area (Å²) < 4.78 is 5.43. The summed E-state index contributed by atoms with van der Waals surface area (Å²) in [6, 6.07) is 6.25. The van der Waals surface area contributed by atoms with E-state index in [1.165, 1.54) is 5.54 Å². The number of halogens is 2. The molecule has 0 unspecified atom stereocenters. The molecule has 4 heteroatoms. The van der Waals surface area contributed by atoms with Gasteiger partial charge in [-0.2, -0.15) is 0 Å². The lowest BCUT2D eigenvalue weighted by molar-refractivity contribution is 0.363. The fraction of sp³-hybridized carbons (Fsp3) is 0.385. The predicted octanol–water partition coefficient (Wildman–Crippen LogP) is 3.97. The zero-order valence-corrected chi connectivity index (χ0v) is 11.6. The van der Waals surface area contributed by atoms with E-state index in [4.69, 9.17) is 27.9 Å². The van der Waals surface area contributed by atoms with Crippen LogP contribution in [0.3, 0.4) is 0 Å². The van der Waals surface area contributed by atoms with Crippen LogP contribution in [0.25, 0.3) is 0 Å². The Bertz CT molecular complexity index is 378. The van der Waals surface area contributed by atoms with E-state index in [0.29, 0.717) is 23.4 Å². The lowest BCUT2D eigenvalue weighted by atomic mass is 10.2. The summed E-state index contributed by atoms with van der Waals surface area (Å²) in [6.07, 6.45) is 1.71. The molecule has 0 radical (unpaired) electrons. The van der Waals surface area contributed by atoms with Crippen molar-refractivity contribution in [2.75, 3.05) is 6.61 Å². The van der Waals surface area contributed by atoms with Gasteiger partial charge in [-0.15, -0.1) is 0 Å². The molecule has 0 spiro atoms. The van der Waals surface area contributed by atoms with Gasteiger partial charge in [-0.1, -0.05) is 43.1 Å². The molecule has 2 nitrogen and oxygen atoms in total. The van der Waals surface area contributed by atoms with Gasteiger partial charge in [0.1, 0.15) is 12.4 Å². The van der Waals surface area contributed by atoms with Crippen molar-refractivity contribution in [3.8, 4) is 5.75 Å². The molecule has 0 aliphatic rings. The molecule has 0 atom stereocenters. The average Bonchev–Trinajstić information content (AvgIpc) is 2.29. The fourth-order valence-electron chi connectivity index (χ4n) is 1.27. The molecule has 0 aliphatic heterocycles. The Balaban J connectivity index is 2.59. The van der Waals surface area contributed by atoms with Crippen molar-refractivity contribution in [2.24, 2.45) is 0 Å². The Kier molecular flexibility index (Phi) is 6.41. The molecule has 94 valence electrons. The van der Waals surface area contributed by atoms with Crippen molar-refractivity contribution >= 4 is 23.2 Å². The number of rotatable bonds is 6. The van der Waals surface area contributed by atoms with Crippen molar-refractivity contribution in [3.63, 3.8) is 0 Å². The van der Waals surface area contributed by atoms with E-state index in [2.05, 4.69) is 19.2 Å². The zero-order chi connectivity index (χ0) is 12.7. The standard InChI is InChI=1S/C13H17Cl2NO/c1-10(2)16-9-11-4-5-13(12(15)8-11)17-7-3-6-14/h3-6,8,10,16H,7,9H2,1-2H3. The Hall–Kier alpha value is -0.700. The van der Waals surface area contributed by atoms with Gasteiger partial charge in [0.15, 0.2) is 0 Å². The first kappa shape index (κ1) is 14.4. The van der Waals surface area contributed by atoms with Gasteiger partial charge in [-0.3, -0.25) is 0 Å². The van der Waals surface area contributed by atoms with Crippen molar-refractivity contribution < 1.29 is 4.74 Å². The van der Waals surface area contributed by atoms with Crippen LogP contribution in [0.2, 0.25) is 5.02 Å². The summed E-state index contributed by atoms with van der Waals surface area (Å²) in [5.41, 5.74) is 2.57. The number of hydrogen-bond donors (Lipinski definition) is 1. The normalized spacial score (nSPS) is 11.4. The highest BCUT2D eigenvalue weighted by molar-refractivity contribution is 6.32. The largest absolute Gasteiger partial charge is 0.488 e. The number of nitrogens with one attached hydrogen (secondary N) is 1. The molecule has 1 aromatic rings. The topological polar surface area (TPSA) is 21.3 Å². The third kappa shape index (κ3) is 5.44. The van der Waals surface area contributed by atoms with Gasteiger partial charge in [0, 0.05) is 18.1 Å². The second-order valence-electron chi connectivity index (χ2n) is 3.97. The van der Waals surface area contributed by atoms with Crippen LogP contribution < -0.4 is 10.1 Å². The molecule has 17 heavy (non-hydrogen) atoms. The highest BCUT2D eigenvalue weighted by atomic mass is 35.5. The van der Waals surface area contributed by atoms with Crippen LogP contribution in [0.4, 0.5) is 0 Å². The molecule has 0 saturated carbocycles. The Morgan fingerprint density at radius 2 is 2.18 bits per heavy atom. The third-order valence-corrected chi connectivity index (χ3v) is 2.61. The molecule has 1 rings (SSSR count). The Morgan fingerprint density at radius 1 is 1.41 bits per heavy atom. The number of ether oxygens (including phenoxy) is 1. The molecule has 1 N–H and O–H groups in total. The summed E-state index contributed by atoms with van der Waals surface area (Å²) in [5, 5.41) is 3.95. The van der Waals surface area contributed by atoms with Crippen LogP contribution in [0, 0.1) is 0 Å². The molecular weight excluding hydrogens is 257 g/mol. The van der Waals surface area contributed by atoms with E-state index >= 15 is 0 Å². The van der Waals surface area contributed by atoms with E-state index in [1.807, 2.05) is 18.2 Å². The quantitative estimate of drug-likeness (QED) is 0.847. The predicted molar refractivity (Wildman–Crippen MR) is 73.9 cm³/mol. The van der Waals surface area contributed by atoms with Crippen LogP contribution in [0.1, 0.15) is 19.4 Å². The summed E-state index contributed by atoms with van der Waals surface area (Å²) in [5.74, 6) is 0.676. The lowest BCUT2D eigenvalue weighted by Gasteiger charge is -2.10. The first-order chi connectivity index (χ1) is 8.13. The summed E-state index contributed by atoms with van der Waals surface area (Å²) in [6.45, 7) is 5.45. The minimum Gasteiger partial charge on any atom is -0.488 e. The van der Waals surface area contributed by atoms with E-state index in [9.17, 15) is 0 Å². The van der Waals surface area contributed by atoms with E-state index in [-0.39, 0.29) is 0 Å². The summed E-state index contributed by atoms with van der Waals surface area (Å²) in [4.78, 5) is 0. The zero-order valence-electron chi connectivity index (χ0n) is 10.0. The average molecular weight is 274 g/mol. The monoisotopic (exact) mass is 273 g/mol. The van der Waals surface area contributed by atoms with Crippen LogP contribution >= 0.6 is 23.2 Å². The molecule has 0 fully saturated rings. The molecule has 0 aromatic heterocycles. The lowest BCUT2D eigenvalue weighted by Crippen LogP contribution is -2.21. The molecule has 1 aromatic carbocycles. The molecule has 0 amide bonds. The van der Waals surface area contributed by atoms with Crippen LogP contribution in [-0.4, -0.2) is 12.6 Å². The van der Waals surface area contributed by atoms with Crippen molar-refractivity contribution in [1.82, 2.24) is 5.32 Å². The van der Waals surface area contributed by atoms with Gasteiger partial charge in [-0.05, 0) is 23.8 Å².